The van der Waals surface area contributed by atoms with Crippen LogP contribution in [0.5, 0.6) is 0 Å². The number of aromatic carboxylic acids is 1. The third-order valence-electron chi connectivity index (χ3n) is 3.67. The van der Waals surface area contributed by atoms with Gasteiger partial charge in [0, 0.05) is 12.0 Å². The lowest BCUT2D eigenvalue weighted by molar-refractivity contribution is -0.117. The molecule has 1 aromatic carbocycles. The first-order valence-corrected chi connectivity index (χ1v) is 7.37. The minimum atomic E-state index is -1.14. The van der Waals surface area contributed by atoms with Crippen LogP contribution in [0.3, 0.4) is 0 Å². The van der Waals surface area contributed by atoms with E-state index in [1.807, 2.05) is 0 Å². The fourth-order valence-electron chi connectivity index (χ4n) is 2.58. The maximum Gasteiger partial charge on any atom is 0.335 e. The zero-order valence-corrected chi connectivity index (χ0v) is 12.8. The van der Waals surface area contributed by atoms with Crippen molar-refractivity contribution in [1.29, 1.82) is 0 Å². The quantitative estimate of drug-likeness (QED) is 0.789. The Morgan fingerprint density at radius 2 is 1.76 bits per heavy atom. The Balaban J connectivity index is 2.12. The Bertz CT molecular complexity index is 561. The fraction of sp³-hybridized carbons (Fsp3) is 0.429. The van der Waals surface area contributed by atoms with Crippen molar-refractivity contribution in [1.82, 2.24) is 0 Å². The predicted octanol–water partition coefficient (Wildman–Crippen LogP) is 3.29. The number of halogens is 2. The molecule has 0 heterocycles. The number of nitrogens with one attached hydrogen (secondary N) is 1. The van der Waals surface area contributed by atoms with E-state index in [9.17, 15) is 9.59 Å². The standard InChI is InChI=1S/C14H16Cl2N2O3/c15-9-5-8(13(20)21)6-10(16)12(9)18-11(19)7-14(17)3-1-2-4-14/h5-6H,1-4,7,17H2,(H,18,19)(H,20,21). The van der Waals surface area contributed by atoms with Gasteiger partial charge in [-0.25, -0.2) is 4.79 Å². The van der Waals surface area contributed by atoms with Crippen molar-refractivity contribution in [3.8, 4) is 0 Å². The van der Waals surface area contributed by atoms with Crippen molar-refractivity contribution < 1.29 is 14.7 Å². The molecule has 7 heteroatoms. The number of carboxylic acids is 1. The van der Waals surface area contributed by atoms with Crippen molar-refractivity contribution in [3.05, 3.63) is 27.7 Å². The SMILES string of the molecule is NC1(CC(=O)Nc2c(Cl)cc(C(=O)O)cc2Cl)CCCC1. The molecule has 1 aliphatic carbocycles. The molecule has 1 aromatic rings. The van der Waals surface area contributed by atoms with Crippen LogP contribution in [0.25, 0.3) is 0 Å². The van der Waals surface area contributed by atoms with Crippen LogP contribution in [0.4, 0.5) is 5.69 Å². The molecule has 0 atom stereocenters. The van der Waals surface area contributed by atoms with Gasteiger partial charge in [0.25, 0.3) is 0 Å². The zero-order valence-electron chi connectivity index (χ0n) is 11.3. The van der Waals surface area contributed by atoms with E-state index in [0.29, 0.717) is 0 Å². The van der Waals surface area contributed by atoms with E-state index in [1.165, 1.54) is 12.1 Å². The number of carboxylic acid groups (broad SMARTS) is 1. The van der Waals surface area contributed by atoms with Gasteiger partial charge in [-0.05, 0) is 25.0 Å². The molecule has 5 nitrogen and oxygen atoms in total. The maximum absolute atomic E-state index is 12.1. The molecule has 4 N–H and O–H groups in total. The summed E-state index contributed by atoms with van der Waals surface area (Å²) in [5, 5.41) is 11.7. The highest BCUT2D eigenvalue weighted by molar-refractivity contribution is 6.40. The topological polar surface area (TPSA) is 92.4 Å². The molecular weight excluding hydrogens is 315 g/mol. The second-order valence-electron chi connectivity index (χ2n) is 5.41. The molecule has 1 saturated carbocycles. The number of carbonyl (C=O) groups excluding carboxylic acids is 1. The molecule has 0 spiro atoms. The van der Waals surface area contributed by atoms with E-state index in [0.717, 1.165) is 25.7 Å². The number of hydrogen-bond donors (Lipinski definition) is 3. The zero-order chi connectivity index (χ0) is 15.6. The van der Waals surface area contributed by atoms with E-state index in [1.54, 1.807) is 0 Å². The van der Waals surface area contributed by atoms with Crippen LogP contribution in [0.2, 0.25) is 10.0 Å². The van der Waals surface area contributed by atoms with Gasteiger partial charge in [0.15, 0.2) is 0 Å². The van der Waals surface area contributed by atoms with Crippen LogP contribution in [-0.2, 0) is 4.79 Å². The summed E-state index contributed by atoms with van der Waals surface area (Å²) in [6, 6.07) is 2.50. The van der Waals surface area contributed by atoms with Gasteiger partial charge < -0.3 is 16.2 Å². The normalized spacial score (nSPS) is 16.7. The first kappa shape index (κ1) is 16.1. The maximum atomic E-state index is 12.1. The molecule has 114 valence electrons. The third kappa shape index (κ3) is 3.87. The summed E-state index contributed by atoms with van der Waals surface area (Å²) in [7, 11) is 0. The lowest BCUT2D eigenvalue weighted by Gasteiger charge is -2.23. The second kappa shape index (κ2) is 6.22. The van der Waals surface area contributed by atoms with Gasteiger partial charge in [-0.15, -0.1) is 0 Å². The van der Waals surface area contributed by atoms with Crippen molar-refractivity contribution in [2.75, 3.05) is 5.32 Å². The fourth-order valence-corrected chi connectivity index (χ4v) is 3.16. The van der Waals surface area contributed by atoms with E-state index >= 15 is 0 Å². The Kier molecular flexibility index (Phi) is 4.76. The van der Waals surface area contributed by atoms with E-state index in [2.05, 4.69) is 5.32 Å². The average Bonchev–Trinajstić information content (AvgIpc) is 2.79. The largest absolute Gasteiger partial charge is 0.478 e. The number of amides is 1. The van der Waals surface area contributed by atoms with Crippen LogP contribution >= 0.6 is 23.2 Å². The number of rotatable bonds is 4. The highest BCUT2D eigenvalue weighted by Gasteiger charge is 2.32. The van der Waals surface area contributed by atoms with Gasteiger partial charge >= 0.3 is 5.97 Å². The van der Waals surface area contributed by atoms with Gasteiger partial charge in [-0.3, -0.25) is 4.79 Å². The summed E-state index contributed by atoms with van der Waals surface area (Å²) in [5.41, 5.74) is 5.87. The first-order valence-electron chi connectivity index (χ1n) is 6.62. The molecule has 1 fully saturated rings. The molecule has 21 heavy (non-hydrogen) atoms. The lowest BCUT2D eigenvalue weighted by atomic mass is 9.94. The average molecular weight is 331 g/mol. The minimum absolute atomic E-state index is 0.0333. The lowest BCUT2D eigenvalue weighted by Crippen LogP contribution is -2.40. The molecule has 2 rings (SSSR count). The molecule has 0 unspecified atom stereocenters. The number of anilines is 1. The monoisotopic (exact) mass is 330 g/mol. The molecule has 0 radical (unpaired) electrons. The summed E-state index contributed by atoms with van der Waals surface area (Å²) in [6.45, 7) is 0. The van der Waals surface area contributed by atoms with E-state index in [-0.39, 0.29) is 33.6 Å². The number of nitrogens with two attached hydrogens (primary N) is 1. The first-order chi connectivity index (χ1) is 9.81. The van der Waals surface area contributed by atoms with Crippen LogP contribution in [-0.4, -0.2) is 22.5 Å². The summed E-state index contributed by atoms with van der Waals surface area (Å²) in [5.74, 6) is -1.41. The smallest absolute Gasteiger partial charge is 0.335 e. The van der Waals surface area contributed by atoms with Crippen molar-refractivity contribution >= 4 is 40.8 Å². The van der Waals surface area contributed by atoms with Gasteiger partial charge in [0.1, 0.15) is 0 Å². The molecule has 0 aromatic heterocycles. The van der Waals surface area contributed by atoms with Gasteiger partial charge in [0.05, 0.1) is 21.3 Å². The van der Waals surface area contributed by atoms with Gasteiger partial charge in [-0.1, -0.05) is 36.0 Å². The molecule has 0 saturated heterocycles. The van der Waals surface area contributed by atoms with Crippen molar-refractivity contribution in [2.45, 2.75) is 37.6 Å². The summed E-state index contributed by atoms with van der Waals surface area (Å²) in [6.07, 6.45) is 3.89. The van der Waals surface area contributed by atoms with Crippen LogP contribution in [0, 0.1) is 0 Å². The van der Waals surface area contributed by atoms with Crippen molar-refractivity contribution in [3.63, 3.8) is 0 Å². The van der Waals surface area contributed by atoms with Crippen molar-refractivity contribution in [2.24, 2.45) is 5.73 Å². The highest BCUT2D eigenvalue weighted by atomic mass is 35.5. The van der Waals surface area contributed by atoms with E-state index < -0.39 is 11.5 Å². The molecular formula is C14H16Cl2N2O3. The Morgan fingerprint density at radius 1 is 1.24 bits per heavy atom. The van der Waals surface area contributed by atoms with Crippen LogP contribution < -0.4 is 11.1 Å². The Hall–Kier alpha value is -1.30. The summed E-state index contributed by atoms with van der Waals surface area (Å²) >= 11 is 12.0. The van der Waals surface area contributed by atoms with Crippen LogP contribution in [0.15, 0.2) is 12.1 Å². The predicted molar refractivity (Wildman–Crippen MR) is 82.1 cm³/mol. The summed E-state index contributed by atoms with van der Waals surface area (Å²) < 4.78 is 0. The van der Waals surface area contributed by atoms with Crippen LogP contribution in [0.1, 0.15) is 42.5 Å². The molecule has 0 bridgehead atoms. The number of benzene rings is 1. The molecule has 0 aliphatic heterocycles. The van der Waals surface area contributed by atoms with E-state index in [4.69, 9.17) is 34.0 Å². The van der Waals surface area contributed by atoms with Gasteiger partial charge in [0.2, 0.25) is 5.91 Å². The Morgan fingerprint density at radius 3 is 2.24 bits per heavy atom. The Labute approximate surface area is 132 Å². The highest BCUT2D eigenvalue weighted by Crippen LogP contribution is 2.34. The van der Waals surface area contributed by atoms with Gasteiger partial charge in [-0.2, -0.15) is 0 Å². The summed E-state index contributed by atoms with van der Waals surface area (Å²) in [4.78, 5) is 23.0. The molecule has 1 aliphatic rings. The second-order valence-corrected chi connectivity index (χ2v) is 6.23. The third-order valence-corrected chi connectivity index (χ3v) is 4.26. The molecule has 1 amide bonds. The minimum Gasteiger partial charge on any atom is -0.478 e. The number of hydrogen-bond acceptors (Lipinski definition) is 3. The number of carbonyl (C=O) groups is 2.